The number of carbonyl (C=O) groups is 1. The van der Waals surface area contributed by atoms with Gasteiger partial charge in [-0.15, -0.1) is 0 Å². The van der Waals surface area contributed by atoms with Crippen molar-refractivity contribution < 1.29 is 19.4 Å². The van der Waals surface area contributed by atoms with Crippen molar-refractivity contribution in [3.05, 3.63) is 95.2 Å². The van der Waals surface area contributed by atoms with Crippen LogP contribution in [0.15, 0.2) is 88.6 Å². The summed E-state index contributed by atoms with van der Waals surface area (Å²) < 4.78 is 5.78. The highest BCUT2D eigenvalue weighted by Crippen LogP contribution is 2.39. The fourth-order valence-electron chi connectivity index (χ4n) is 2.93. The van der Waals surface area contributed by atoms with Gasteiger partial charge in [0.15, 0.2) is 5.43 Å². The maximum absolute atomic E-state index is 11.8. The average Bonchev–Trinajstić information content (AvgIpc) is 2.62. The summed E-state index contributed by atoms with van der Waals surface area (Å²) in [7, 11) is 0. The molecule has 134 valence electrons. The predicted molar refractivity (Wildman–Crippen MR) is 105 cm³/mol. The Morgan fingerprint density at radius 3 is 2.56 bits per heavy atom. The molecule has 1 aliphatic heterocycles. The molecule has 5 heteroatoms. The molecule has 0 spiro atoms. The van der Waals surface area contributed by atoms with Gasteiger partial charge in [-0.25, -0.2) is 4.79 Å². The van der Waals surface area contributed by atoms with Crippen LogP contribution in [0.5, 0.6) is 5.75 Å². The van der Waals surface area contributed by atoms with E-state index in [1.165, 1.54) is 36.4 Å². The lowest BCUT2D eigenvalue weighted by Crippen LogP contribution is -2.05. The van der Waals surface area contributed by atoms with E-state index >= 15 is 0 Å². The van der Waals surface area contributed by atoms with E-state index in [9.17, 15) is 19.8 Å². The first-order chi connectivity index (χ1) is 13.0. The van der Waals surface area contributed by atoms with Crippen LogP contribution in [0.2, 0.25) is 0 Å². The quantitative estimate of drug-likeness (QED) is 0.401. The van der Waals surface area contributed by atoms with E-state index in [0.717, 1.165) is 0 Å². The number of allylic oxidation sites excluding steroid dienone is 4. The molecule has 2 N–H and O–H groups in total. The number of aromatic hydroxyl groups is 1. The zero-order valence-electron chi connectivity index (χ0n) is 14.3. The van der Waals surface area contributed by atoms with Crippen molar-refractivity contribution in [2.75, 3.05) is 0 Å². The molecular formula is C22H16O5. The predicted octanol–water partition coefficient (Wildman–Crippen LogP) is 4.37. The molecule has 1 heterocycles. The van der Waals surface area contributed by atoms with Crippen molar-refractivity contribution in [3.8, 4) is 17.1 Å². The molecule has 0 aromatic heterocycles. The van der Waals surface area contributed by atoms with Crippen molar-refractivity contribution in [3.63, 3.8) is 0 Å². The van der Waals surface area contributed by atoms with Crippen LogP contribution in [0.1, 0.15) is 5.56 Å². The number of phenols is 1. The van der Waals surface area contributed by atoms with Gasteiger partial charge in [-0.2, -0.15) is 0 Å². The molecule has 0 atom stereocenters. The molecule has 0 unspecified atom stereocenters. The van der Waals surface area contributed by atoms with Gasteiger partial charge in [0.1, 0.15) is 17.1 Å². The molecule has 5 nitrogen and oxygen atoms in total. The number of phenolic OH excluding ortho intramolecular Hbond substituents is 1. The van der Waals surface area contributed by atoms with Crippen LogP contribution < -0.4 is 5.43 Å². The van der Waals surface area contributed by atoms with Gasteiger partial charge in [-0.05, 0) is 29.8 Å². The molecule has 0 radical (unpaired) electrons. The summed E-state index contributed by atoms with van der Waals surface area (Å²) in [5.74, 6) is -0.867. The Labute approximate surface area is 154 Å². The van der Waals surface area contributed by atoms with E-state index in [0.29, 0.717) is 27.7 Å². The number of rotatable bonds is 5. The first-order valence-electron chi connectivity index (χ1n) is 8.05. The second-order valence-electron chi connectivity index (χ2n) is 5.75. The van der Waals surface area contributed by atoms with Crippen LogP contribution in [-0.2, 0) is 4.79 Å². The van der Waals surface area contributed by atoms with Gasteiger partial charge in [-0.1, -0.05) is 37.5 Å². The van der Waals surface area contributed by atoms with Gasteiger partial charge in [0.05, 0.1) is 5.57 Å². The smallest absolute Gasteiger partial charge is 0.336 e. The Balaban J connectivity index is 2.58. The molecule has 0 fully saturated rings. The minimum absolute atomic E-state index is 0.0100. The highest BCUT2D eigenvalue weighted by atomic mass is 16.4. The van der Waals surface area contributed by atoms with Crippen LogP contribution in [0.3, 0.4) is 0 Å². The van der Waals surface area contributed by atoms with Gasteiger partial charge < -0.3 is 14.6 Å². The second-order valence-corrected chi connectivity index (χ2v) is 5.75. The van der Waals surface area contributed by atoms with E-state index in [1.807, 2.05) is 0 Å². The molecule has 1 aliphatic carbocycles. The van der Waals surface area contributed by atoms with Crippen LogP contribution in [0.25, 0.3) is 27.9 Å². The van der Waals surface area contributed by atoms with E-state index in [-0.39, 0.29) is 22.5 Å². The molecule has 0 saturated carbocycles. The van der Waals surface area contributed by atoms with Crippen molar-refractivity contribution in [1.82, 2.24) is 0 Å². The molecule has 27 heavy (non-hydrogen) atoms. The van der Waals surface area contributed by atoms with Gasteiger partial charge in [0.2, 0.25) is 0 Å². The molecular weight excluding hydrogens is 344 g/mol. The van der Waals surface area contributed by atoms with Crippen LogP contribution >= 0.6 is 0 Å². The Hall–Kier alpha value is -3.86. The molecule has 0 bridgehead atoms. The molecule has 0 saturated heterocycles. The third-order valence-electron chi connectivity index (χ3n) is 4.07. The highest BCUT2D eigenvalue weighted by Gasteiger charge is 2.21. The molecule has 0 amide bonds. The molecule has 2 aliphatic rings. The lowest BCUT2D eigenvalue weighted by molar-refractivity contribution is -0.132. The fraction of sp³-hybridized carbons (Fsp3) is 0. The first kappa shape index (κ1) is 17.9. The number of fused-ring (bicyclic) bond motifs is 2. The van der Waals surface area contributed by atoms with E-state index < -0.39 is 5.97 Å². The van der Waals surface area contributed by atoms with E-state index in [1.54, 1.807) is 24.3 Å². The number of carboxylic acids is 1. The monoisotopic (exact) mass is 360 g/mol. The molecule has 3 rings (SSSR count). The Morgan fingerprint density at radius 1 is 1.11 bits per heavy atom. The Bertz CT molecular complexity index is 1160. The summed E-state index contributed by atoms with van der Waals surface area (Å²) in [6, 6.07) is 8.84. The van der Waals surface area contributed by atoms with Gasteiger partial charge in [0.25, 0.3) is 0 Å². The van der Waals surface area contributed by atoms with E-state index in [2.05, 4.69) is 13.2 Å². The van der Waals surface area contributed by atoms with Crippen molar-refractivity contribution in [2.24, 2.45) is 0 Å². The maximum Gasteiger partial charge on any atom is 0.336 e. The summed E-state index contributed by atoms with van der Waals surface area (Å²) in [6.45, 7) is 7.24. The van der Waals surface area contributed by atoms with Gasteiger partial charge in [-0.3, -0.25) is 4.79 Å². The van der Waals surface area contributed by atoms with Crippen molar-refractivity contribution in [2.45, 2.75) is 0 Å². The number of hydrogen-bond donors (Lipinski definition) is 2. The summed E-state index contributed by atoms with van der Waals surface area (Å²) >= 11 is 0. The normalized spacial score (nSPS) is 12.3. The van der Waals surface area contributed by atoms with Crippen LogP contribution in [-0.4, -0.2) is 16.2 Å². The highest BCUT2D eigenvalue weighted by molar-refractivity contribution is 6.09. The Kier molecular flexibility index (Phi) is 4.77. The van der Waals surface area contributed by atoms with Crippen molar-refractivity contribution >= 4 is 22.5 Å². The van der Waals surface area contributed by atoms with E-state index in [4.69, 9.17) is 4.42 Å². The van der Waals surface area contributed by atoms with Gasteiger partial charge >= 0.3 is 5.97 Å². The number of aliphatic carboxylic acids is 1. The standard InChI is InChI=1S/C22H16O5/c1-3-5-6-16(15(4-2)22(25)26)21-17-9-7-13(23)11-19(17)27-20-12-14(24)8-10-18(20)21/h3-12,23H,1-2H2,(H,25,26)/b6-5-,16-15-. The zero-order valence-corrected chi connectivity index (χ0v) is 14.3. The fourth-order valence-corrected chi connectivity index (χ4v) is 2.93. The summed E-state index contributed by atoms with van der Waals surface area (Å²) in [5, 5.41) is 20.0. The number of carboxylic acid groups (broad SMARTS) is 1. The summed E-state index contributed by atoms with van der Waals surface area (Å²) in [6.07, 6.45) is 6.02. The molecule has 1 aromatic carbocycles. The third-order valence-corrected chi connectivity index (χ3v) is 4.07. The average molecular weight is 360 g/mol. The van der Waals surface area contributed by atoms with Crippen molar-refractivity contribution in [1.29, 1.82) is 0 Å². The zero-order chi connectivity index (χ0) is 19.6. The topological polar surface area (TPSA) is 87.7 Å². The second kappa shape index (κ2) is 7.17. The third kappa shape index (κ3) is 3.30. The largest absolute Gasteiger partial charge is 0.508 e. The summed E-state index contributed by atoms with van der Waals surface area (Å²) in [4.78, 5) is 23.6. The van der Waals surface area contributed by atoms with Gasteiger partial charge in [0, 0.05) is 28.6 Å². The summed E-state index contributed by atoms with van der Waals surface area (Å²) in [5.41, 5.74) is 1.57. The lowest BCUT2D eigenvalue weighted by Gasteiger charge is -2.17. The first-order valence-corrected chi connectivity index (χ1v) is 8.05. The number of benzene rings is 2. The SMILES string of the molecule is C=C/C=C\C(=C(/C=C)C(=O)O)c1c2ccc(=O)cc-2oc2cc(O)ccc12. The minimum Gasteiger partial charge on any atom is -0.508 e. The minimum atomic E-state index is -1.14. The maximum atomic E-state index is 11.8. The Morgan fingerprint density at radius 2 is 1.89 bits per heavy atom. The van der Waals surface area contributed by atoms with Crippen LogP contribution in [0, 0.1) is 0 Å². The molecule has 1 aromatic rings. The van der Waals surface area contributed by atoms with Crippen LogP contribution in [0.4, 0.5) is 0 Å². The number of hydrogen-bond acceptors (Lipinski definition) is 4. The lowest BCUT2D eigenvalue weighted by atomic mass is 9.90.